The first-order chi connectivity index (χ1) is 13.9. The molecule has 0 aliphatic carbocycles. The van der Waals surface area contributed by atoms with Crippen LogP contribution in [0.1, 0.15) is 22.8 Å². The fourth-order valence-corrected chi connectivity index (χ4v) is 4.88. The van der Waals surface area contributed by atoms with Gasteiger partial charge in [0.25, 0.3) is 0 Å². The van der Waals surface area contributed by atoms with E-state index in [-0.39, 0.29) is 18.9 Å². The maximum atomic E-state index is 12.8. The van der Waals surface area contributed by atoms with Crippen LogP contribution < -0.4 is 4.90 Å². The number of carbonyl (C=O) groups excluding carboxylic acids is 1. The van der Waals surface area contributed by atoms with Crippen LogP contribution >= 0.6 is 34.5 Å². The molecule has 1 aromatic heterocycles. The van der Waals surface area contributed by atoms with Gasteiger partial charge in [0.05, 0.1) is 0 Å². The monoisotopic (exact) mass is 446 g/mol. The number of fused-ring (bicyclic) bond motifs is 1. The highest BCUT2D eigenvalue weighted by molar-refractivity contribution is 7.15. The number of carboxylic acid groups (broad SMARTS) is 1. The molecule has 29 heavy (non-hydrogen) atoms. The molecule has 1 N–H and O–H groups in total. The van der Waals surface area contributed by atoms with Crippen LogP contribution in [0.4, 0.5) is 5.69 Å². The molecule has 2 aromatic carbocycles. The molecule has 0 radical (unpaired) electrons. The van der Waals surface area contributed by atoms with Crippen LogP contribution in [0.5, 0.6) is 0 Å². The molecule has 0 bridgehead atoms. The van der Waals surface area contributed by atoms with E-state index in [4.69, 9.17) is 23.2 Å². The van der Waals surface area contributed by atoms with Gasteiger partial charge in [-0.15, -0.1) is 11.3 Å². The second kappa shape index (κ2) is 8.14. The highest BCUT2D eigenvalue weighted by Crippen LogP contribution is 2.37. The van der Waals surface area contributed by atoms with Crippen molar-refractivity contribution in [3.63, 3.8) is 0 Å². The van der Waals surface area contributed by atoms with E-state index >= 15 is 0 Å². The van der Waals surface area contributed by atoms with Crippen molar-refractivity contribution >= 4 is 52.1 Å². The van der Waals surface area contributed by atoms with Crippen LogP contribution in [0.2, 0.25) is 10.0 Å². The summed E-state index contributed by atoms with van der Waals surface area (Å²) in [6.07, 6.45) is 2.56. The first-order valence-electron chi connectivity index (χ1n) is 8.95. The first kappa shape index (κ1) is 19.9. The van der Waals surface area contributed by atoms with E-state index in [0.29, 0.717) is 27.7 Å². The lowest BCUT2D eigenvalue weighted by atomic mass is 10.0. The number of anilines is 1. The van der Waals surface area contributed by atoms with Gasteiger partial charge in [0.2, 0.25) is 5.91 Å². The topological polar surface area (TPSA) is 70.5 Å². The van der Waals surface area contributed by atoms with E-state index in [9.17, 15) is 14.7 Å². The quantitative estimate of drug-likeness (QED) is 0.579. The van der Waals surface area contributed by atoms with Crippen LogP contribution in [0.15, 0.2) is 48.7 Å². The molecular formula is C21H16Cl2N2O3S. The summed E-state index contributed by atoms with van der Waals surface area (Å²) in [5.74, 6) is -1.69. The van der Waals surface area contributed by atoms with Crippen molar-refractivity contribution in [1.82, 2.24) is 4.98 Å². The lowest BCUT2D eigenvalue weighted by molar-refractivity contribution is -0.138. The molecule has 0 fully saturated rings. The number of aryl methyl sites for hydroxylation is 1. The Morgan fingerprint density at radius 1 is 1.17 bits per heavy atom. The van der Waals surface area contributed by atoms with Crippen LogP contribution in [-0.4, -0.2) is 28.5 Å². The predicted molar refractivity (Wildman–Crippen MR) is 115 cm³/mol. The molecule has 1 aliphatic heterocycles. The molecule has 148 valence electrons. The van der Waals surface area contributed by atoms with E-state index in [1.165, 1.54) is 11.3 Å². The number of nitrogens with zero attached hydrogens (tertiary/aromatic N) is 2. The number of amides is 1. The molecule has 8 heteroatoms. The highest BCUT2D eigenvalue weighted by Gasteiger charge is 2.35. The number of halogens is 2. The lowest BCUT2D eigenvalue weighted by Crippen LogP contribution is -2.31. The number of hydrogen-bond donors (Lipinski definition) is 1. The fourth-order valence-electron chi connectivity index (χ4n) is 3.45. The van der Waals surface area contributed by atoms with Crippen molar-refractivity contribution in [3.8, 4) is 10.6 Å². The number of aliphatic carboxylic acids is 1. The molecule has 2 heterocycles. The van der Waals surface area contributed by atoms with Crippen molar-refractivity contribution in [1.29, 1.82) is 0 Å². The highest BCUT2D eigenvalue weighted by atomic mass is 35.5. The molecule has 1 atom stereocenters. The third kappa shape index (κ3) is 4.15. The van der Waals surface area contributed by atoms with Gasteiger partial charge in [-0.05, 0) is 36.2 Å². The molecule has 1 amide bonds. The zero-order chi connectivity index (χ0) is 20.5. The number of benzene rings is 2. The van der Waals surface area contributed by atoms with Crippen molar-refractivity contribution in [2.24, 2.45) is 0 Å². The van der Waals surface area contributed by atoms with Gasteiger partial charge in [0.1, 0.15) is 10.9 Å². The Hall–Kier alpha value is -2.41. The van der Waals surface area contributed by atoms with Crippen LogP contribution in [0.3, 0.4) is 0 Å². The van der Waals surface area contributed by atoms with E-state index < -0.39 is 11.9 Å². The van der Waals surface area contributed by atoms with Gasteiger partial charge in [-0.3, -0.25) is 9.59 Å². The molecule has 0 saturated carbocycles. The number of aromatic nitrogens is 1. The zero-order valence-electron chi connectivity index (χ0n) is 15.1. The van der Waals surface area contributed by atoms with Crippen molar-refractivity contribution in [2.75, 3.05) is 11.4 Å². The summed E-state index contributed by atoms with van der Waals surface area (Å²) in [5, 5.41) is 11.3. The van der Waals surface area contributed by atoms with Gasteiger partial charge in [-0.1, -0.05) is 41.4 Å². The van der Waals surface area contributed by atoms with Gasteiger partial charge < -0.3 is 10.0 Å². The van der Waals surface area contributed by atoms with Gasteiger partial charge in [-0.2, -0.15) is 0 Å². The van der Waals surface area contributed by atoms with Gasteiger partial charge in [-0.25, -0.2) is 4.98 Å². The summed E-state index contributed by atoms with van der Waals surface area (Å²) >= 11 is 13.6. The SMILES string of the molecule is O=C(O)C1CN(C(=O)CCc2cnc(-c3cc(Cl)cc(Cl)c3)s2)c2ccccc21. The summed E-state index contributed by atoms with van der Waals surface area (Å²) in [6.45, 7) is 0.169. The number of carboxylic acids is 1. The van der Waals surface area contributed by atoms with E-state index in [1.807, 2.05) is 6.07 Å². The average molecular weight is 447 g/mol. The molecule has 3 aromatic rings. The Morgan fingerprint density at radius 3 is 2.62 bits per heavy atom. The number of carbonyl (C=O) groups is 2. The Balaban J connectivity index is 1.46. The Labute approximate surface area is 181 Å². The van der Waals surface area contributed by atoms with Crippen molar-refractivity contribution in [2.45, 2.75) is 18.8 Å². The van der Waals surface area contributed by atoms with E-state index in [1.54, 1.807) is 47.5 Å². The third-order valence-electron chi connectivity index (χ3n) is 4.82. The minimum atomic E-state index is -0.917. The van der Waals surface area contributed by atoms with Gasteiger partial charge in [0, 0.05) is 45.3 Å². The number of hydrogen-bond acceptors (Lipinski definition) is 4. The number of thiazole rings is 1. The Morgan fingerprint density at radius 2 is 1.90 bits per heavy atom. The summed E-state index contributed by atoms with van der Waals surface area (Å²) in [7, 11) is 0. The second-order valence-electron chi connectivity index (χ2n) is 6.74. The van der Waals surface area contributed by atoms with Gasteiger partial charge >= 0.3 is 5.97 Å². The predicted octanol–water partition coefficient (Wildman–Crippen LogP) is 5.26. The van der Waals surface area contributed by atoms with Gasteiger partial charge in [0.15, 0.2) is 0 Å². The molecule has 0 spiro atoms. The summed E-state index contributed by atoms with van der Waals surface area (Å²) in [4.78, 5) is 31.3. The molecule has 1 unspecified atom stereocenters. The zero-order valence-corrected chi connectivity index (χ0v) is 17.5. The minimum absolute atomic E-state index is 0.0954. The van der Waals surface area contributed by atoms with Crippen molar-refractivity contribution in [3.05, 3.63) is 69.1 Å². The van der Waals surface area contributed by atoms with Crippen LogP contribution in [0.25, 0.3) is 10.6 Å². The first-order valence-corrected chi connectivity index (χ1v) is 10.5. The van der Waals surface area contributed by atoms with Crippen LogP contribution in [0, 0.1) is 0 Å². The maximum absolute atomic E-state index is 12.8. The maximum Gasteiger partial charge on any atom is 0.312 e. The Kier molecular flexibility index (Phi) is 5.58. The molecule has 0 saturated heterocycles. The summed E-state index contributed by atoms with van der Waals surface area (Å²) < 4.78 is 0. The van der Waals surface area contributed by atoms with Crippen LogP contribution in [-0.2, 0) is 16.0 Å². The molecule has 1 aliphatic rings. The summed E-state index contributed by atoms with van der Waals surface area (Å²) in [6, 6.07) is 12.4. The van der Waals surface area contributed by atoms with E-state index in [0.717, 1.165) is 15.4 Å². The largest absolute Gasteiger partial charge is 0.481 e. The third-order valence-corrected chi connectivity index (χ3v) is 6.36. The molecule has 5 nitrogen and oxygen atoms in total. The van der Waals surface area contributed by atoms with E-state index in [2.05, 4.69) is 4.98 Å². The smallest absolute Gasteiger partial charge is 0.312 e. The lowest BCUT2D eigenvalue weighted by Gasteiger charge is -2.17. The normalized spacial score (nSPS) is 15.4. The molecular weight excluding hydrogens is 431 g/mol. The Bertz CT molecular complexity index is 1080. The molecule has 4 rings (SSSR count). The number of para-hydroxylation sites is 1. The standard InChI is InChI=1S/C21H16Cl2N2O3S/c22-13-7-12(8-14(23)9-13)20-24-10-15(29-20)5-6-19(26)25-11-17(21(27)28)16-3-1-2-4-18(16)25/h1-4,7-10,17H,5-6,11H2,(H,27,28). The second-order valence-corrected chi connectivity index (χ2v) is 8.73. The average Bonchev–Trinajstić information content (AvgIpc) is 3.30. The summed E-state index contributed by atoms with van der Waals surface area (Å²) in [5.41, 5.74) is 2.21. The fraction of sp³-hybridized carbons (Fsp3) is 0.190. The van der Waals surface area contributed by atoms with Crippen molar-refractivity contribution < 1.29 is 14.7 Å². The minimum Gasteiger partial charge on any atom is -0.481 e. The number of rotatable bonds is 5.